The molecule has 2 saturated heterocycles. The summed E-state index contributed by atoms with van der Waals surface area (Å²) in [6.45, 7) is 5.76. The fourth-order valence-electron chi connectivity index (χ4n) is 4.51. The Bertz CT molecular complexity index is 638. The Labute approximate surface area is 142 Å². The van der Waals surface area contributed by atoms with E-state index in [9.17, 15) is 14.7 Å². The fourth-order valence-corrected chi connectivity index (χ4v) is 4.51. The minimum atomic E-state index is -0.265. The Morgan fingerprint density at radius 2 is 1.83 bits per heavy atom. The average Bonchev–Trinajstić information content (AvgIpc) is 2.78. The van der Waals surface area contributed by atoms with Gasteiger partial charge < -0.3 is 10.0 Å². The van der Waals surface area contributed by atoms with Crippen LogP contribution in [0.3, 0.4) is 0 Å². The van der Waals surface area contributed by atoms with Gasteiger partial charge in [0.1, 0.15) is 0 Å². The number of nitrogens with zero attached hydrogens (tertiary/aromatic N) is 3. The van der Waals surface area contributed by atoms with E-state index in [0.29, 0.717) is 31.4 Å². The quantitative estimate of drug-likeness (QED) is 0.855. The van der Waals surface area contributed by atoms with Crippen molar-refractivity contribution in [3.63, 3.8) is 0 Å². The van der Waals surface area contributed by atoms with Crippen molar-refractivity contribution in [3.8, 4) is 0 Å². The minimum absolute atomic E-state index is 0.0159. The lowest BCUT2D eigenvalue weighted by Gasteiger charge is -2.47. The highest BCUT2D eigenvalue weighted by Crippen LogP contribution is 2.34. The number of aryl methyl sites for hydroxylation is 2. The molecule has 1 unspecified atom stereocenters. The molecule has 1 aromatic rings. The molecular formula is C18H27N3O3. The first-order valence-electron chi connectivity index (χ1n) is 8.92. The zero-order valence-electron chi connectivity index (χ0n) is 14.8. The van der Waals surface area contributed by atoms with Gasteiger partial charge in [-0.3, -0.25) is 14.3 Å². The molecule has 0 spiro atoms. The summed E-state index contributed by atoms with van der Waals surface area (Å²) in [6, 6.07) is 0.376. The number of rotatable bonds is 4. The van der Waals surface area contributed by atoms with Crippen molar-refractivity contribution in [2.24, 2.45) is 0 Å². The predicted molar refractivity (Wildman–Crippen MR) is 89.8 cm³/mol. The van der Waals surface area contributed by atoms with Gasteiger partial charge in [-0.2, -0.15) is 5.10 Å². The van der Waals surface area contributed by atoms with Gasteiger partial charge in [0, 0.05) is 30.7 Å². The summed E-state index contributed by atoms with van der Waals surface area (Å²) < 4.78 is 1.78. The van der Waals surface area contributed by atoms with Crippen molar-refractivity contribution >= 4 is 11.7 Å². The van der Waals surface area contributed by atoms with E-state index in [1.165, 1.54) is 0 Å². The second-order valence-corrected chi connectivity index (χ2v) is 7.24. The molecule has 0 saturated carbocycles. The van der Waals surface area contributed by atoms with Crippen LogP contribution in [-0.2, 0) is 11.3 Å². The summed E-state index contributed by atoms with van der Waals surface area (Å²) in [5, 5.41) is 14.4. The minimum Gasteiger partial charge on any atom is -0.393 e. The van der Waals surface area contributed by atoms with E-state index < -0.39 is 0 Å². The highest BCUT2D eigenvalue weighted by molar-refractivity contribution is 5.96. The topological polar surface area (TPSA) is 75.4 Å². The molecule has 1 N–H and O–H groups in total. The molecule has 2 bridgehead atoms. The maximum absolute atomic E-state index is 12.8. The molecule has 6 nitrogen and oxygen atoms in total. The number of aliphatic hydroxyl groups is 1. The van der Waals surface area contributed by atoms with Crippen molar-refractivity contribution in [2.75, 3.05) is 0 Å². The summed E-state index contributed by atoms with van der Waals surface area (Å²) >= 11 is 0. The number of Topliss-reactive ketones (excluding diaryl/α,β-unsaturated/α-hetero) is 1. The second-order valence-electron chi connectivity index (χ2n) is 7.24. The van der Waals surface area contributed by atoms with E-state index in [4.69, 9.17) is 0 Å². The molecule has 0 radical (unpaired) electrons. The fraction of sp³-hybridized carbons (Fsp3) is 0.722. The van der Waals surface area contributed by atoms with Crippen molar-refractivity contribution in [1.29, 1.82) is 0 Å². The van der Waals surface area contributed by atoms with Crippen molar-refractivity contribution in [1.82, 2.24) is 14.7 Å². The van der Waals surface area contributed by atoms with Gasteiger partial charge in [0.15, 0.2) is 5.78 Å². The predicted octanol–water partition coefficient (Wildman–Crippen LogP) is 2.00. The van der Waals surface area contributed by atoms with E-state index in [2.05, 4.69) is 5.10 Å². The van der Waals surface area contributed by atoms with Crippen LogP contribution >= 0.6 is 0 Å². The summed E-state index contributed by atoms with van der Waals surface area (Å²) in [4.78, 5) is 26.5. The molecule has 3 rings (SSSR count). The molecule has 24 heavy (non-hydrogen) atoms. The van der Waals surface area contributed by atoms with Crippen LogP contribution in [0.1, 0.15) is 67.2 Å². The Morgan fingerprint density at radius 1 is 1.21 bits per heavy atom. The normalized spacial score (nSPS) is 26.5. The number of hydrogen-bond acceptors (Lipinski definition) is 4. The Hall–Kier alpha value is -1.69. The molecule has 2 aliphatic rings. The van der Waals surface area contributed by atoms with E-state index in [0.717, 1.165) is 30.7 Å². The lowest BCUT2D eigenvalue weighted by Crippen LogP contribution is -2.56. The van der Waals surface area contributed by atoms with Crippen molar-refractivity contribution in [3.05, 3.63) is 17.0 Å². The third-order valence-electron chi connectivity index (χ3n) is 5.51. The first-order valence-corrected chi connectivity index (χ1v) is 8.92. The van der Waals surface area contributed by atoms with Gasteiger partial charge in [-0.15, -0.1) is 0 Å². The van der Waals surface area contributed by atoms with E-state index in [1.54, 1.807) is 11.6 Å². The smallest absolute Gasteiger partial charge is 0.224 e. The molecule has 6 heteroatoms. The van der Waals surface area contributed by atoms with Crippen LogP contribution in [0, 0.1) is 13.8 Å². The summed E-state index contributed by atoms with van der Waals surface area (Å²) in [5.41, 5.74) is 2.23. The van der Waals surface area contributed by atoms with Crippen molar-refractivity contribution < 1.29 is 14.7 Å². The lowest BCUT2D eigenvalue weighted by atomic mass is 9.82. The average molecular weight is 333 g/mol. The molecule has 3 atom stereocenters. The molecular weight excluding hydrogens is 306 g/mol. The first-order chi connectivity index (χ1) is 11.4. The molecule has 2 fully saturated rings. The zero-order chi connectivity index (χ0) is 17.4. The van der Waals surface area contributed by atoms with Crippen LogP contribution in [0.2, 0.25) is 0 Å². The summed E-state index contributed by atoms with van der Waals surface area (Å²) in [7, 11) is 0. The molecule has 2 aliphatic heterocycles. The first kappa shape index (κ1) is 17.1. The number of hydrogen-bond donors (Lipinski definition) is 1. The van der Waals surface area contributed by atoms with Gasteiger partial charge in [0.2, 0.25) is 5.91 Å². The molecule has 1 amide bonds. The monoisotopic (exact) mass is 333 g/mol. The zero-order valence-corrected chi connectivity index (χ0v) is 14.8. The second kappa shape index (κ2) is 6.67. The van der Waals surface area contributed by atoms with Crippen LogP contribution in [-0.4, -0.2) is 49.7 Å². The van der Waals surface area contributed by atoms with Crippen LogP contribution in [0.5, 0.6) is 0 Å². The van der Waals surface area contributed by atoms with Gasteiger partial charge in [0.25, 0.3) is 0 Å². The number of amides is 1. The number of piperidine rings is 2. The van der Waals surface area contributed by atoms with Gasteiger partial charge >= 0.3 is 0 Å². The molecule has 132 valence electrons. The van der Waals surface area contributed by atoms with E-state index >= 15 is 0 Å². The van der Waals surface area contributed by atoms with Crippen LogP contribution in [0.4, 0.5) is 0 Å². The third kappa shape index (κ3) is 3.11. The number of carbonyl (C=O) groups excluding carboxylic acids is 2. The summed E-state index contributed by atoms with van der Waals surface area (Å²) in [6.07, 6.45) is 4.67. The van der Waals surface area contributed by atoms with Gasteiger partial charge in [-0.1, -0.05) is 0 Å². The largest absolute Gasteiger partial charge is 0.393 e. The highest BCUT2D eigenvalue weighted by atomic mass is 16.3. The van der Waals surface area contributed by atoms with Crippen LogP contribution in [0.15, 0.2) is 0 Å². The standard InChI is InChI=1S/C18H27N3O3/c1-11-18(13(3)22)12(2)20(19-11)8-7-17(24)21-14-5-4-6-15(21)10-16(23)9-14/h14-16,23H,4-10H2,1-3H3/t14-,15+,16?. The Morgan fingerprint density at radius 3 is 2.38 bits per heavy atom. The number of aromatic nitrogens is 2. The lowest BCUT2D eigenvalue weighted by molar-refractivity contribution is -0.144. The number of ketones is 1. The molecule has 1 aromatic heterocycles. The molecule has 0 aromatic carbocycles. The van der Waals surface area contributed by atoms with E-state index in [-0.39, 0.29) is 29.9 Å². The maximum Gasteiger partial charge on any atom is 0.224 e. The SMILES string of the molecule is CC(=O)c1c(C)nn(CCC(=O)N2[C@@H]3CCC[C@H]2CC(O)C3)c1C. The van der Waals surface area contributed by atoms with E-state index in [1.807, 2.05) is 18.7 Å². The Kier molecular flexibility index (Phi) is 4.76. The van der Waals surface area contributed by atoms with Gasteiger partial charge in [-0.25, -0.2) is 0 Å². The number of fused-ring (bicyclic) bond motifs is 2. The summed E-state index contributed by atoms with van der Waals surface area (Å²) in [5.74, 6) is 0.163. The van der Waals surface area contributed by atoms with Gasteiger partial charge in [0.05, 0.1) is 17.4 Å². The van der Waals surface area contributed by atoms with Crippen molar-refractivity contribution in [2.45, 2.75) is 84.0 Å². The third-order valence-corrected chi connectivity index (χ3v) is 5.51. The highest BCUT2D eigenvalue weighted by Gasteiger charge is 2.39. The number of carbonyl (C=O) groups is 2. The Balaban J connectivity index is 1.68. The van der Waals surface area contributed by atoms with Crippen LogP contribution in [0.25, 0.3) is 0 Å². The number of aliphatic hydroxyl groups excluding tert-OH is 1. The molecule has 3 heterocycles. The van der Waals surface area contributed by atoms with Gasteiger partial charge in [-0.05, 0) is 52.9 Å². The maximum atomic E-state index is 12.8. The van der Waals surface area contributed by atoms with Crippen LogP contribution < -0.4 is 0 Å². The molecule has 0 aliphatic carbocycles.